The molecule has 1 rings (SSSR count). The number of carboxylic acids is 1. The fraction of sp³-hybridized carbons (Fsp3) is 0.333. The Morgan fingerprint density at radius 2 is 2.19 bits per heavy atom. The normalized spacial score (nSPS) is 11.7. The molecule has 114 valence electrons. The van der Waals surface area contributed by atoms with Gasteiger partial charge >= 0.3 is 5.97 Å². The predicted molar refractivity (Wildman–Crippen MR) is 80.0 cm³/mol. The minimum absolute atomic E-state index is 0.121. The number of nitrogens with one attached hydrogen (secondary N) is 1. The van der Waals surface area contributed by atoms with Crippen molar-refractivity contribution in [2.24, 2.45) is 0 Å². The highest BCUT2D eigenvalue weighted by atomic mass is 35.5. The van der Waals surface area contributed by atoms with Crippen molar-refractivity contribution in [2.75, 3.05) is 12.0 Å². The molecule has 0 aliphatic carbocycles. The molecule has 0 radical (unpaired) electrons. The zero-order valence-electron chi connectivity index (χ0n) is 11.0. The van der Waals surface area contributed by atoms with E-state index in [0.29, 0.717) is 5.75 Å². The molecule has 0 aromatic heterocycles. The van der Waals surface area contributed by atoms with E-state index >= 15 is 0 Å². The first-order valence-electron chi connectivity index (χ1n) is 5.83. The van der Waals surface area contributed by atoms with E-state index in [4.69, 9.17) is 16.7 Å². The summed E-state index contributed by atoms with van der Waals surface area (Å²) in [5.74, 6) is -1.46. The van der Waals surface area contributed by atoms with Crippen molar-refractivity contribution in [2.45, 2.75) is 12.5 Å². The molecule has 0 aliphatic heterocycles. The highest BCUT2D eigenvalue weighted by Crippen LogP contribution is 2.23. The number of hydrogen-bond acceptors (Lipinski definition) is 5. The van der Waals surface area contributed by atoms with Crippen LogP contribution in [0.15, 0.2) is 18.2 Å². The van der Waals surface area contributed by atoms with Gasteiger partial charge in [-0.15, -0.1) is 0 Å². The quantitative estimate of drug-likeness (QED) is 0.585. The summed E-state index contributed by atoms with van der Waals surface area (Å²) in [7, 11) is 0. The summed E-state index contributed by atoms with van der Waals surface area (Å²) in [6.07, 6.45) is 2.04. The minimum atomic E-state index is -1.19. The van der Waals surface area contributed by atoms with Gasteiger partial charge in [-0.1, -0.05) is 11.6 Å². The maximum Gasteiger partial charge on any atom is 0.326 e. The second kappa shape index (κ2) is 7.84. The van der Waals surface area contributed by atoms with Gasteiger partial charge < -0.3 is 10.4 Å². The zero-order valence-corrected chi connectivity index (χ0v) is 12.6. The number of rotatable bonds is 7. The molecular formula is C12H13ClN2O5S. The van der Waals surface area contributed by atoms with Crippen molar-refractivity contribution in [1.29, 1.82) is 0 Å². The molecule has 21 heavy (non-hydrogen) atoms. The molecule has 0 aliphatic rings. The summed E-state index contributed by atoms with van der Waals surface area (Å²) >= 11 is 7.10. The lowest BCUT2D eigenvalue weighted by Gasteiger charge is -2.14. The summed E-state index contributed by atoms with van der Waals surface area (Å²) in [6.45, 7) is 0. The van der Waals surface area contributed by atoms with Crippen LogP contribution < -0.4 is 5.32 Å². The van der Waals surface area contributed by atoms with Crippen LogP contribution in [0.25, 0.3) is 0 Å². The maximum absolute atomic E-state index is 12.0. The van der Waals surface area contributed by atoms with Gasteiger partial charge in [0, 0.05) is 11.1 Å². The van der Waals surface area contributed by atoms with Gasteiger partial charge in [-0.05, 0) is 30.6 Å². The third-order valence-corrected chi connectivity index (χ3v) is 3.49. The molecule has 0 heterocycles. The smallest absolute Gasteiger partial charge is 0.326 e. The molecule has 1 aromatic rings. The Morgan fingerprint density at radius 3 is 2.71 bits per heavy atom. The average molecular weight is 333 g/mol. The first-order valence-corrected chi connectivity index (χ1v) is 7.60. The molecular weight excluding hydrogens is 320 g/mol. The number of aliphatic carboxylic acids is 1. The van der Waals surface area contributed by atoms with Crippen molar-refractivity contribution >= 4 is 40.9 Å². The van der Waals surface area contributed by atoms with Gasteiger partial charge in [0.2, 0.25) is 0 Å². The van der Waals surface area contributed by atoms with Crippen LogP contribution in [-0.2, 0) is 4.79 Å². The Bertz CT molecular complexity index is 567. The van der Waals surface area contributed by atoms with Crippen LogP contribution in [0.1, 0.15) is 16.8 Å². The molecule has 1 atom stereocenters. The predicted octanol–water partition coefficient (Wildman–Crippen LogP) is 2.18. The maximum atomic E-state index is 12.0. The second-order valence-corrected chi connectivity index (χ2v) is 5.49. The molecule has 0 bridgehead atoms. The Hall–Kier alpha value is -1.80. The van der Waals surface area contributed by atoms with E-state index in [1.807, 2.05) is 6.26 Å². The number of carboxylic acid groups (broad SMARTS) is 1. The number of hydrogen-bond donors (Lipinski definition) is 2. The van der Waals surface area contributed by atoms with Gasteiger partial charge in [0.15, 0.2) is 0 Å². The van der Waals surface area contributed by atoms with Crippen LogP contribution in [0.3, 0.4) is 0 Å². The largest absolute Gasteiger partial charge is 0.480 e. The highest BCUT2D eigenvalue weighted by molar-refractivity contribution is 7.98. The van der Waals surface area contributed by atoms with Gasteiger partial charge in [-0.2, -0.15) is 11.8 Å². The van der Waals surface area contributed by atoms with Crippen LogP contribution in [-0.4, -0.2) is 40.0 Å². The Labute approximate surface area is 129 Å². The van der Waals surface area contributed by atoms with Gasteiger partial charge in [0.05, 0.1) is 4.92 Å². The minimum Gasteiger partial charge on any atom is -0.480 e. The number of nitro benzene ring substituents is 1. The number of thioether (sulfide) groups is 1. The van der Waals surface area contributed by atoms with E-state index in [1.54, 1.807) is 0 Å². The number of nitro groups is 1. The molecule has 0 spiro atoms. The summed E-state index contributed by atoms with van der Waals surface area (Å²) < 4.78 is 0. The van der Waals surface area contributed by atoms with E-state index < -0.39 is 28.5 Å². The number of carbonyl (C=O) groups is 2. The van der Waals surface area contributed by atoms with Gasteiger partial charge in [0.1, 0.15) is 11.6 Å². The molecule has 1 amide bonds. The summed E-state index contributed by atoms with van der Waals surface area (Å²) in [4.78, 5) is 33.3. The summed E-state index contributed by atoms with van der Waals surface area (Å²) in [6, 6.07) is 2.48. The highest BCUT2D eigenvalue weighted by Gasteiger charge is 2.25. The van der Waals surface area contributed by atoms with Crippen molar-refractivity contribution < 1.29 is 19.6 Å². The molecule has 0 saturated carbocycles. The van der Waals surface area contributed by atoms with Crippen molar-refractivity contribution in [3.8, 4) is 0 Å². The molecule has 0 saturated heterocycles. The topological polar surface area (TPSA) is 110 Å². The van der Waals surface area contributed by atoms with Crippen molar-refractivity contribution in [3.63, 3.8) is 0 Å². The molecule has 2 N–H and O–H groups in total. The number of amides is 1. The number of nitrogens with zero attached hydrogens (tertiary/aromatic N) is 1. The van der Waals surface area contributed by atoms with E-state index in [9.17, 15) is 19.7 Å². The van der Waals surface area contributed by atoms with Crippen LogP contribution in [0.2, 0.25) is 5.02 Å². The van der Waals surface area contributed by atoms with E-state index in [2.05, 4.69) is 5.32 Å². The lowest BCUT2D eigenvalue weighted by atomic mass is 10.1. The lowest BCUT2D eigenvalue weighted by Crippen LogP contribution is -2.41. The van der Waals surface area contributed by atoms with Crippen LogP contribution in [0.5, 0.6) is 0 Å². The fourth-order valence-electron chi connectivity index (χ4n) is 1.58. The molecule has 9 heteroatoms. The monoisotopic (exact) mass is 332 g/mol. The Kier molecular flexibility index (Phi) is 6.44. The fourth-order valence-corrected chi connectivity index (χ4v) is 2.21. The van der Waals surface area contributed by atoms with E-state index in [0.717, 1.165) is 6.07 Å². The Morgan fingerprint density at radius 1 is 1.52 bits per heavy atom. The van der Waals surface area contributed by atoms with E-state index in [1.165, 1.54) is 23.9 Å². The molecule has 7 nitrogen and oxygen atoms in total. The average Bonchev–Trinajstić information content (AvgIpc) is 2.42. The van der Waals surface area contributed by atoms with Crippen molar-refractivity contribution in [1.82, 2.24) is 5.32 Å². The third-order valence-electron chi connectivity index (χ3n) is 2.62. The Balaban J connectivity index is 2.97. The van der Waals surface area contributed by atoms with Crippen LogP contribution in [0, 0.1) is 10.1 Å². The van der Waals surface area contributed by atoms with Crippen molar-refractivity contribution in [3.05, 3.63) is 38.9 Å². The van der Waals surface area contributed by atoms with Gasteiger partial charge in [-0.3, -0.25) is 14.9 Å². The molecule has 0 unspecified atom stereocenters. The first kappa shape index (κ1) is 17.3. The van der Waals surface area contributed by atoms with E-state index in [-0.39, 0.29) is 17.0 Å². The molecule has 0 fully saturated rings. The SMILES string of the molecule is CSCC[C@@H](NC(=O)c1ccc(Cl)cc1[N+](=O)[O-])C(=O)O. The van der Waals surface area contributed by atoms with Crippen LogP contribution in [0.4, 0.5) is 5.69 Å². The number of halogens is 1. The van der Waals surface area contributed by atoms with Crippen LogP contribution >= 0.6 is 23.4 Å². The lowest BCUT2D eigenvalue weighted by molar-refractivity contribution is -0.385. The summed E-state index contributed by atoms with van der Waals surface area (Å²) in [5, 5.41) is 22.4. The second-order valence-electron chi connectivity index (χ2n) is 4.06. The third kappa shape index (κ3) is 4.91. The number of benzene rings is 1. The summed E-state index contributed by atoms with van der Waals surface area (Å²) in [5.41, 5.74) is -0.686. The van der Waals surface area contributed by atoms with Gasteiger partial charge in [0.25, 0.3) is 11.6 Å². The molecule has 1 aromatic carbocycles. The van der Waals surface area contributed by atoms with Gasteiger partial charge in [-0.25, -0.2) is 4.79 Å². The standard InChI is InChI=1S/C12H13ClN2O5S/c1-21-5-4-9(12(17)18)14-11(16)8-3-2-7(13)6-10(8)15(19)20/h2-3,6,9H,4-5H2,1H3,(H,14,16)(H,17,18)/t9-/m1/s1. The zero-order chi connectivity index (χ0) is 16.0. The number of carbonyl (C=O) groups excluding carboxylic acids is 1. The first-order chi connectivity index (χ1) is 9.86.